The van der Waals surface area contributed by atoms with Crippen LogP contribution in [0.2, 0.25) is 0 Å². The van der Waals surface area contributed by atoms with Crippen LogP contribution in [0.4, 0.5) is 4.39 Å². The first-order valence-corrected chi connectivity index (χ1v) is 9.49. The molecule has 26 heavy (non-hydrogen) atoms. The van der Waals surface area contributed by atoms with E-state index in [-0.39, 0.29) is 17.8 Å². The van der Waals surface area contributed by atoms with Gasteiger partial charge >= 0.3 is 0 Å². The number of carbonyl (C=O) groups excluding carboxylic acids is 1. The van der Waals surface area contributed by atoms with Gasteiger partial charge in [0.25, 0.3) is 5.91 Å². The molecule has 2 aromatic rings. The van der Waals surface area contributed by atoms with Gasteiger partial charge in [-0.25, -0.2) is 4.39 Å². The smallest absolute Gasteiger partial charge is 0.252 e. The van der Waals surface area contributed by atoms with Crippen molar-refractivity contribution in [2.75, 3.05) is 26.7 Å². The molecular weight excluding hydrogens is 399 g/mol. The molecule has 2 aromatic carbocycles. The van der Waals surface area contributed by atoms with Crippen LogP contribution in [0.5, 0.6) is 5.75 Å². The van der Waals surface area contributed by atoms with E-state index in [0.717, 1.165) is 37.2 Å². The third kappa shape index (κ3) is 4.43. The van der Waals surface area contributed by atoms with Crippen molar-refractivity contribution >= 4 is 21.8 Å². The quantitative estimate of drug-likeness (QED) is 0.762. The molecule has 1 unspecified atom stereocenters. The molecule has 1 amide bonds. The highest BCUT2D eigenvalue weighted by molar-refractivity contribution is 9.10. The van der Waals surface area contributed by atoms with E-state index in [9.17, 15) is 9.18 Å². The summed E-state index contributed by atoms with van der Waals surface area (Å²) in [5, 5.41) is 3.00. The number of benzene rings is 2. The van der Waals surface area contributed by atoms with Crippen LogP contribution in [-0.2, 0) is 0 Å². The Morgan fingerprint density at radius 3 is 2.73 bits per heavy atom. The van der Waals surface area contributed by atoms with E-state index in [1.54, 1.807) is 7.11 Å². The molecule has 1 aliphatic rings. The molecule has 0 aromatic heterocycles. The lowest BCUT2D eigenvalue weighted by Crippen LogP contribution is -2.37. The summed E-state index contributed by atoms with van der Waals surface area (Å²) >= 11 is 3.26. The second-order valence-electron chi connectivity index (χ2n) is 6.37. The fourth-order valence-corrected chi connectivity index (χ4v) is 3.85. The van der Waals surface area contributed by atoms with Gasteiger partial charge in [-0.3, -0.25) is 9.69 Å². The van der Waals surface area contributed by atoms with Gasteiger partial charge in [0.05, 0.1) is 18.7 Å². The Labute approximate surface area is 161 Å². The largest absolute Gasteiger partial charge is 0.497 e. The predicted octanol–water partition coefficient (Wildman–Crippen LogP) is 4.16. The molecule has 6 heteroatoms. The summed E-state index contributed by atoms with van der Waals surface area (Å²) in [4.78, 5) is 14.9. The topological polar surface area (TPSA) is 41.6 Å². The maximum Gasteiger partial charge on any atom is 0.252 e. The predicted molar refractivity (Wildman–Crippen MR) is 103 cm³/mol. The highest BCUT2D eigenvalue weighted by Crippen LogP contribution is 2.27. The Hall–Kier alpha value is -1.92. The Morgan fingerprint density at radius 1 is 1.27 bits per heavy atom. The molecule has 0 spiro atoms. The zero-order valence-corrected chi connectivity index (χ0v) is 16.3. The normalized spacial score (nSPS) is 15.7. The molecule has 0 saturated carbocycles. The summed E-state index contributed by atoms with van der Waals surface area (Å²) in [5.41, 5.74) is 1.54. The molecule has 1 aliphatic heterocycles. The summed E-state index contributed by atoms with van der Waals surface area (Å²) in [6.07, 6.45) is 2.33. The number of rotatable bonds is 6. The van der Waals surface area contributed by atoms with Crippen LogP contribution in [0, 0.1) is 5.82 Å². The van der Waals surface area contributed by atoms with Gasteiger partial charge in [0.15, 0.2) is 0 Å². The lowest BCUT2D eigenvalue weighted by molar-refractivity contribution is 0.0937. The molecule has 1 fully saturated rings. The first-order valence-electron chi connectivity index (χ1n) is 8.69. The number of amides is 1. The summed E-state index contributed by atoms with van der Waals surface area (Å²) < 4.78 is 19.0. The number of ether oxygens (including phenoxy) is 1. The monoisotopic (exact) mass is 420 g/mol. The molecule has 138 valence electrons. The Balaban J connectivity index is 1.76. The van der Waals surface area contributed by atoms with Crippen molar-refractivity contribution < 1.29 is 13.9 Å². The van der Waals surface area contributed by atoms with Crippen molar-refractivity contribution in [1.29, 1.82) is 0 Å². The first-order chi connectivity index (χ1) is 12.6. The number of hydrogen-bond donors (Lipinski definition) is 1. The SMILES string of the molecule is COc1cccc(C(CNC(=O)c2ccc(F)cc2Br)N2CCCC2)c1. The first kappa shape index (κ1) is 18.9. The number of hydrogen-bond acceptors (Lipinski definition) is 3. The van der Waals surface area contributed by atoms with Crippen molar-refractivity contribution in [1.82, 2.24) is 10.2 Å². The van der Waals surface area contributed by atoms with Crippen LogP contribution >= 0.6 is 15.9 Å². The van der Waals surface area contributed by atoms with E-state index in [2.05, 4.69) is 32.2 Å². The zero-order chi connectivity index (χ0) is 18.5. The molecule has 1 atom stereocenters. The van der Waals surface area contributed by atoms with Gasteiger partial charge in [0.1, 0.15) is 11.6 Å². The fraction of sp³-hybridized carbons (Fsp3) is 0.350. The van der Waals surface area contributed by atoms with Crippen molar-refractivity contribution in [3.05, 3.63) is 63.9 Å². The molecule has 4 nitrogen and oxygen atoms in total. The van der Waals surface area contributed by atoms with Gasteiger partial charge < -0.3 is 10.1 Å². The lowest BCUT2D eigenvalue weighted by Gasteiger charge is -2.28. The summed E-state index contributed by atoms with van der Waals surface area (Å²) in [7, 11) is 1.65. The number of halogens is 2. The third-order valence-electron chi connectivity index (χ3n) is 4.69. The average Bonchev–Trinajstić information content (AvgIpc) is 3.16. The zero-order valence-electron chi connectivity index (χ0n) is 14.7. The van der Waals surface area contributed by atoms with E-state index in [1.807, 2.05) is 18.2 Å². The molecule has 0 bridgehead atoms. The van der Waals surface area contributed by atoms with Crippen LogP contribution in [0.25, 0.3) is 0 Å². The number of methoxy groups -OCH3 is 1. The molecule has 1 saturated heterocycles. The van der Waals surface area contributed by atoms with Gasteiger partial charge in [-0.2, -0.15) is 0 Å². The summed E-state index contributed by atoms with van der Waals surface area (Å²) in [5.74, 6) is 0.211. The van der Waals surface area contributed by atoms with E-state index >= 15 is 0 Å². The van der Waals surface area contributed by atoms with E-state index < -0.39 is 0 Å². The molecule has 0 radical (unpaired) electrons. The Morgan fingerprint density at radius 2 is 2.04 bits per heavy atom. The second-order valence-corrected chi connectivity index (χ2v) is 7.22. The van der Waals surface area contributed by atoms with Crippen LogP contribution in [0.3, 0.4) is 0 Å². The van der Waals surface area contributed by atoms with E-state index in [4.69, 9.17) is 4.74 Å². The minimum atomic E-state index is -0.375. The molecule has 3 rings (SSSR count). The van der Waals surface area contributed by atoms with Crippen LogP contribution in [0.15, 0.2) is 46.9 Å². The van der Waals surface area contributed by atoms with Crippen molar-refractivity contribution in [3.63, 3.8) is 0 Å². The van der Waals surface area contributed by atoms with Gasteiger partial charge in [0.2, 0.25) is 0 Å². The second kappa shape index (κ2) is 8.64. The van der Waals surface area contributed by atoms with E-state index in [1.165, 1.54) is 18.2 Å². The maximum atomic E-state index is 13.2. The minimum absolute atomic E-state index is 0.0794. The highest BCUT2D eigenvalue weighted by atomic mass is 79.9. The molecular formula is C20H22BrFN2O2. The molecule has 1 N–H and O–H groups in total. The van der Waals surface area contributed by atoms with Gasteiger partial charge in [-0.1, -0.05) is 12.1 Å². The average molecular weight is 421 g/mol. The van der Waals surface area contributed by atoms with Crippen molar-refractivity contribution in [2.45, 2.75) is 18.9 Å². The van der Waals surface area contributed by atoms with Crippen LogP contribution < -0.4 is 10.1 Å². The maximum absolute atomic E-state index is 13.2. The van der Waals surface area contributed by atoms with Crippen LogP contribution in [0.1, 0.15) is 34.8 Å². The number of nitrogens with zero attached hydrogens (tertiary/aromatic N) is 1. The summed E-state index contributed by atoms with van der Waals surface area (Å²) in [6.45, 7) is 2.51. The van der Waals surface area contributed by atoms with Gasteiger partial charge in [0, 0.05) is 11.0 Å². The lowest BCUT2D eigenvalue weighted by atomic mass is 10.0. The standard InChI is InChI=1S/C20H22BrFN2O2/c1-26-16-6-4-5-14(11-16)19(24-9-2-3-10-24)13-23-20(25)17-8-7-15(22)12-18(17)21/h4-8,11-12,19H,2-3,9-10,13H2,1H3,(H,23,25). The third-order valence-corrected chi connectivity index (χ3v) is 5.35. The molecule has 1 heterocycles. The number of carbonyl (C=O) groups is 1. The Bertz CT molecular complexity index is 778. The summed E-state index contributed by atoms with van der Waals surface area (Å²) in [6, 6.07) is 12.1. The van der Waals surface area contributed by atoms with Gasteiger partial charge in [-0.05, 0) is 77.8 Å². The number of nitrogens with one attached hydrogen (secondary N) is 1. The van der Waals surface area contributed by atoms with E-state index in [0.29, 0.717) is 16.6 Å². The van der Waals surface area contributed by atoms with Crippen molar-refractivity contribution in [3.8, 4) is 5.75 Å². The fourth-order valence-electron chi connectivity index (χ4n) is 3.32. The number of likely N-dealkylation sites (tertiary alicyclic amines) is 1. The highest BCUT2D eigenvalue weighted by Gasteiger charge is 2.24. The minimum Gasteiger partial charge on any atom is -0.497 e. The molecule has 0 aliphatic carbocycles. The Kier molecular flexibility index (Phi) is 6.27. The van der Waals surface area contributed by atoms with Gasteiger partial charge in [-0.15, -0.1) is 0 Å². The van der Waals surface area contributed by atoms with Crippen molar-refractivity contribution in [2.24, 2.45) is 0 Å². The van der Waals surface area contributed by atoms with Crippen LogP contribution in [-0.4, -0.2) is 37.6 Å².